The molecular formula is C34H50N2O11S. The van der Waals surface area contributed by atoms with Gasteiger partial charge in [0.25, 0.3) is 0 Å². The predicted octanol–water partition coefficient (Wildman–Crippen LogP) is 2.38. The Morgan fingerprint density at radius 1 is 0.667 bits per heavy atom. The molecule has 6 N–H and O–H groups in total. The molecule has 4 aliphatic heterocycles. The van der Waals surface area contributed by atoms with Crippen LogP contribution in [0.15, 0.2) is 60.7 Å². The normalized spacial score (nSPS) is 27.5. The molecule has 6 rings (SSSR count). The van der Waals surface area contributed by atoms with E-state index in [4.69, 9.17) is 27.0 Å². The molecule has 268 valence electrons. The average molecular weight is 695 g/mol. The summed E-state index contributed by atoms with van der Waals surface area (Å²) >= 11 is 0. The van der Waals surface area contributed by atoms with Gasteiger partial charge >= 0.3 is 22.3 Å². The van der Waals surface area contributed by atoms with Crippen LogP contribution in [-0.4, -0.2) is 119 Å². The van der Waals surface area contributed by atoms with Gasteiger partial charge in [0, 0.05) is 24.2 Å². The minimum Gasteiger partial charge on any atom is -0.462 e. The molecule has 4 fully saturated rings. The lowest BCUT2D eigenvalue weighted by atomic mass is 9.98. The number of hydrogen-bond donors (Lipinski definition) is 4. The van der Waals surface area contributed by atoms with E-state index in [0.29, 0.717) is 24.2 Å². The van der Waals surface area contributed by atoms with Crippen LogP contribution in [0.25, 0.3) is 0 Å². The molecule has 13 nitrogen and oxygen atoms in total. The third-order valence-corrected chi connectivity index (χ3v) is 10.0. The molecule has 4 saturated heterocycles. The number of carbonyl (C=O) groups excluding carboxylic acids is 2. The number of aliphatic hydroxyl groups excluding tert-OH is 2. The fourth-order valence-corrected chi connectivity index (χ4v) is 7.41. The summed E-state index contributed by atoms with van der Waals surface area (Å²) in [6, 6.07) is 20.9. The molecule has 2 unspecified atom stereocenters. The van der Waals surface area contributed by atoms with Gasteiger partial charge in [-0.15, -0.1) is 0 Å². The molecule has 0 aromatic heterocycles. The summed E-state index contributed by atoms with van der Waals surface area (Å²) in [5.41, 5.74) is 1.64. The minimum absolute atomic E-state index is 0. The van der Waals surface area contributed by atoms with Gasteiger partial charge in [-0.25, -0.2) is 0 Å². The highest BCUT2D eigenvalue weighted by molar-refractivity contribution is 7.79. The Morgan fingerprint density at radius 3 is 1.19 bits per heavy atom. The van der Waals surface area contributed by atoms with Gasteiger partial charge in [0.2, 0.25) is 0 Å². The van der Waals surface area contributed by atoms with Crippen LogP contribution in [0.1, 0.15) is 74.3 Å². The van der Waals surface area contributed by atoms with Crippen molar-refractivity contribution in [2.45, 2.75) is 99.6 Å². The topological polar surface area (TPSA) is 206 Å². The Labute approximate surface area is 282 Å². The number of piperidine rings is 2. The zero-order chi connectivity index (χ0) is 34.1. The number of carbonyl (C=O) groups is 2. The highest BCUT2D eigenvalue weighted by Crippen LogP contribution is 2.37. The second kappa shape index (κ2) is 18.2. The second-order valence-corrected chi connectivity index (χ2v) is 13.8. The molecule has 4 heterocycles. The van der Waals surface area contributed by atoms with Crippen molar-refractivity contribution in [1.29, 1.82) is 0 Å². The van der Waals surface area contributed by atoms with Gasteiger partial charge in [0.05, 0.1) is 13.2 Å². The van der Waals surface area contributed by atoms with Crippen molar-refractivity contribution in [2.75, 3.05) is 27.3 Å². The summed E-state index contributed by atoms with van der Waals surface area (Å²) in [6.45, 7) is -0.412. The molecule has 0 saturated carbocycles. The van der Waals surface area contributed by atoms with Crippen LogP contribution in [0.5, 0.6) is 0 Å². The Bertz CT molecular complexity index is 1270. The summed E-state index contributed by atoms with van der Waals surface area (Å²) < 4.78 is 43.0. The molecule has 2 aromatic rings. The largest absolute Gasteiger partial charge is 0.462 e. The second-order valence-electron chi connectivity index (χ2n) is 12.9. The monoisotopic (exact) mass is 694 g/mol. The number of esters is 2. The summed E-state index contributed by atoms with van der Waals surface area (Å²) in [5.74, 6) is -1.72. The van der Waals surface area contributed by atoms with Crippen LogP contribution in [0.3, 0.4) is 0 Å². The number of hydrogen-bond acceptors (Lipinski definition) is 10. The van der Waals surface area contributed by atoms with Crippen molar-refractivity contribution in [2.24, 2.45) is 0 Å². The maximum absolute atomic E-state index is 12.4. The van der Waals surface area contributed by atoms with E-state index >= 15 is 0 Å². The van der Waals surface area contributed by atoms with Crippen LogP contribution in [0.2, 0.25) is 0 Å². The Kier molecular flexibility index (Phi) is 14.9. The molecule has 48 heavy (non-hydrogen) atoms. The lowest BCUT2D eigenvalue weighted by molar-refractivity contribution is -0.156. The minimum atomic E-state index is -4.67. The first kappa shape index (κ1) is 39.5. The van der Waals surface area contributed by atoms with Crippen molar-refractivity contribution in [3.63, 3.8) is 0 Å². The highest BCUT2D eigenvalue weighted by Gasteiger charge is 2.41. The molecule has 14 heteroatoms. The number of ether oxygens (including phenoxy) is 2. The summed E-state index contributed by atoms with van der Waals surface area (Å²) in [5, 5.41) is 19.1. The Morgan fingerprint density at radius 2 is 0.938 bits per heavy atom. The molecule has 0 spiro atoms. The van der Waals surface area contributed by atoms with E-state index < -0.39 is 22.2 Å². The van der Waals surface area contributed by atoms with E-state index in [1.165, 1.54) is 25.7 Å². The fourth-order valence-electron chi connectivity index (χ4n) is 7.41. The van der Waals surface area contributed by atoms with Crippen molar-refractivity contribution >= 4 is 22.3 Å². The fraction of sp³-hybridized carbons (Fsp3) is 0.588. The van der Waals surface area contributed by atoms with Crippen molar-refractivity contribution in [3.05, 3.63) is 71.8 Å². The third kappa shape index (κ3) is 11.0. The maximum Gasteiger partial charge on any atom is 0.394 e. The van der Waals surface area contributed by atoms with Gasteiger partial charge in [-0.3, -0.25) is 18.7 Å². The number of rotatable bonds is 8. The van der Waals surface area contributed by atoms with Gasteiger partial charge < -0.3 is 35.0 Å². The van der Waals surface area contributed by atoms with Gasteiger partial charge in [-0.1, -0.05) is 60.7 Å². The number of benzene rings is 2. The number of aliphatic hydroxyl groups is 2. The molecule has 6 atom stereocenters. The Hall–Kier alpha value is -2.95. The van der Waals surface area contributed by atoms with E-state index in [1.54, 1.807) is 0 Å². The average Bonchev–Trinajstić information content (AvgIpc) is 3.34. The van der Waals surface area contributed by atoms with E-state index in [9.17, 15) is 19.8 Å². The predicted molar refractivity (Wildman–Crippen MR) is 178 cm³/mol. The summed E-state index contributed by atoms with van der Waals surface area (Å²) in [7, 11) is -0.332. The first-order valence-electron chi connectivity index (χ1n) is 16.2. The quantitative estimate of drug-likeness (QED) is 0.232. The maximum atomic E-state index is 12.4. The smallest absolute Gasteiger partial charge is 0.394 e. The number of nitrogens with zero attached hydrogens (tertiary/aromatic N) is 2. The molecule has 2 aromatic carbocycles. The zero-order valence-corrected chi connectivity index (χ0v) is 28.3. The van der Waals surface area contributed by atoms with Crippen LogP contribution >= 0.6 is 0 Å². The summed E-state index contributed by atoms with van der Waals surface area (Å²) in [6.07, 6.45) is 8.52. The third-order valence-electron chi connectivity index (χ3n) is 10.0. The van der Waals surface area contributed by atoms with Crippen molar-refractivity contribution in [3.8, 4) is 0 Å². The van der Waals surface area contributed by atoms with Crippen LogP contribution in [-0.2, 0) is 29.5 Å². The standard InChI is InChI=1S/2C17H23NO3.H2O4S.H2O/c2*1-18-13-7-8-14(18)10-15(9-13)21-17(20)16(11-19)12-5-3-2-4-6-12;1-5(2,3)4;/h2*2-6,13-16,19H,7-11H2,1H3;(H2,1,2,3,4);1H2/t2*13-,14-,16?;;/m11../s1. The molecular weight excluding hydrogens is 644 g/mol. The SMILES string of the molecule is CN1[C@@H]2CC[C@@H]1CC(OC(=O)C(CO)c1ccccc1)C2.CN1[C@@H]2CC[C@@H]1CC(OC(=O)C(CO)c1ccccc1)C2.O.O=S(=O)(O)O. The van der Waals surface area contributed by atoms with Gasteiger partial charge in [0.15, 0.2) is 0 Å². The van der Waals surface area contributed by atoms with Crippen LogP contribution < -0.4 is 0 Å². The summed E-state index contributed by atoms with van der Waals surface area (Å²) in [4.78, 5) is 29.6. The lowest BCUT2D eigenvalue weighted by Crippen LogP contribution is -2.43. The van der Waals surface area contributed by atoms with Crippen molar-refractivity contribution in [1.82, 2.24) is 9.80 Å². The first-order valence-corrected chi connectivity index (χ1v) is 17.6. The van der Waals surface area contributed by atoms with E-state index in [2.05, 4.69) is 23.9 Å². The van der Waals surface area contributed by atoms with Crippen LogP contribution in [0, 0.1) is 0 Å². The zero-order valence-electron chi connectivity index (χ0n) is 27.5. The van der Waals surface area contributed by atoms with E-state index in [-0.39, 0.29) is 42.8 Å². The van der Waals surface area contributed by atoms with E-state index in [0.717, 1.165) is 36.8 Å². The lowest BCUT2D eigenvalue weighted by Gasteiger charge is -2.36. The Balaban J connectivity index is 0.000000225. The van der Waals surface area contributed by atoms with Gasteiger partial charge in [0.1, 0.15) is 24.0 Å². The highest BCUT2D eigenvalue weighted by atomic mass is 32.3. The molecule has 4 aliphatic rings. The molecule has 0 amide bonds. The van der Waals surface area contributed by atoms with Gasteiger partial charge in [-0.2, -0.15) is 8.42 Å². The molecule has 4 bridgehead atoms. The molecule has 0 aliphatic carbocycles. The van der Waals surface area contributed by atoms with Crippen molar-refractivity contribution < 1.29 is 52.3 Å². The van der Waals surface area contributed by atoms with Crippen LogP contribution in [0.4, 0.5) is 0 Å². The first-order chi connectivity index (χ1) is 22.4. The molecule has 0 radical (unpaired) electrons. The van der Waals surface area contributed by atoms with E-state index in [1.807, 2.05) is 60.7 Å². The number of fused-ring (bicyclic) bond motifs is 4. The van der Waals surface area contributed by atoms with Gasteiger partial charge in [-0.05, 0) is 76.6 Å².